The van der Waals surface area contributed by atoms with Crippen LogP contribution in [0, 0.1) is 0 Å². The summed E-state index contributed by atoms with van der Waals surface area (Å²) in [4.78, 5) is 15.9. The van der Waals surface area contributed by atoms with Crippen molar-refractivity contribution in [1.82, 2.24) is 15.1 Å². The van der Waals surface area contributed by atoms with Gasteiger partial charge in [0.05, 0.1) is 11.7 Å². The Hall–Kier alpha value is -0.530. The molecule has 0 radical (unpaired) electrons. The molecule has 0 aromatic rings. The molecule has 108 valence electrons. The summed E-state index contributed by atoms with van der Waals surface area (Å²) in [5.41, 5.74) is -0.249. The summed E-state index contributed by atoms with van der Waals surface area (Å²) < 4.78 is 0. The smallest absolute Gasteiger partial charge is 0.256 e. The fraction of sp³-hybridized carbons (Fsp3) is 0.833. The molecule has 2 saturated heterocycles. The predicted octanol–water partition coefficient (Wildman–Crippen LogP) is 0.805. The van der Waals surface area contributed by atoms with Gasteiger partial charge in [0, 0.05) is 33.0 Å². The number of carbonyl (C=O) groups is 1. The highest BCUT2D eigenvalue weighted by Crippen LogP contribution is 2.32. The van der Waals surface area contributed by atoms with Crippen molar-refractivity contribution in [3.8, 4) is 0 Å². The van der Waals surface area contributed by atoms with Crippen LogP contribution in [-0.2, 0) is 4.79 Å². The lowest BCUT2D eigenvalue weighted by Gasteiger charge is -2.43. The van der Waals surface area contributed by atoms with Gasteiger partial charge in [0.15, 0.2) is 0 Å². The Morgan fingerprint density at radius 2 is 2.21 bits per heavy atom. The van der Waals surface area contributed by atoms with Crippen molar-refractivity contribution in [1.29, 1.82) is 0 Å². The van der Waals surface area contributed by atoms with Crippen LogP contribution in [0.4, 0.5) is 0 Å². The Balaban J connectivity index is 2.01. The molecule has 2 heterocycles. The van der Waals surface area contributed by atoms with Gasteiger partial charge in [-0.2, -0.15) is 11.8 Å². The van der Waals surface area contributed by atoms with E-state index in [0.717, 1.165) is 25.0 Å². The van der Waals surface area contributed by atoms with Gasteiger partial charge in [-0.1, -0.05) is 0 Å². The van der Waals surface area contributed by atoms with E-state index >= 15 is 0 Å². The van der Waals surface area contributed by atoms with Crippen LogP contribution in [0.2, 0.25) is 0 Å². The number of likely N-dealkylation sites (tertiary alicyclic amines) is 1. The van der Waals surface area contributed by atoms with Crippen molar-refractivity contribution >= 4 is 35.1 Å². The van der Waals surface area contributed by atoms with Gasteiger partial charge in [-0.3, -0.25) is 10.1 Å². The third-order valence-corrected chi connectivity index (χ3v) is 5.09. The van der Waals surface area contributed by atoms with E-state index in [2.05, 4.69) is 11.6 Å². The Bertz CT molecular complexity index is 370. The van der Waals surface area contributed by atoms with Crippen LogP contribution in [0.1, 0.15) is 19.3 Å². The lowest BCUT2D eigenvalue weighted by atomic mass is 9.97. The maximum atomic E-state index is 12.3. The second-order valence-corrected chi connectivity index (χ2v) is 6.53. The van der Waals surface area contributed by atoms with Crippen LogP contribution in [-0.4, -0.2) is 69.8 Å². The maximum Gasteiger partial charge on any atom is 0.256 e. The summed E-state index contributed by atoms with van der Waals surface area (Å²) in [5.74, 6) is 1.18. The van der Waals surface area contributed by atoms with Gasteiger partial charge >= 0.3 is 0 Å². The zero-order valence-corrected chi connectivity index (χ0v) is 13.0. The average molecular weight is 303 g/mol. The van der Waals surface area contributed by atoms with Crippen molar-refractivity contribution < 1.29 is 9.90 Å². The first-order valence-corrected chi connectivity index (χ1v) is 8.32. The summed E-state index contributed by atoms with van der Waals surface area (Å²) >= 11 is 6.55. The summed E-state index contributed by atoms with van der Waals surface area (Å²) in [7, 11) is 1.88. The monoisotopic (exact) mass is 303 g/mol. The fourth-order valence-corrected chi connectivity index (χ4v) is 3.56. The van der Waals surface area contributed by atoms with Crippen molar-refractivity contribution in [3.05, 3.63) is 0 Å². The number of aliphatic hydroxyl groups is 1. The van der Waals surface area contributed by atoms with Crippen LogP contribution in [0.15, 0.2) is 0 Å². The Morgan fingerprint density at radius 1 is 1.58 bits per heavy atom. The summed E-state index contributed by atoms with van der Waals surface area (Å²) in [5, 5.41) is 12.8. The first kappa shape index (κ1) is 14.9. The SMILES string of the molecule is CSCCC1NC2(CCN(C(O)=S)CC2)N(C)C1=O. The number of piperidine rings is 1. The Kier molecular flexibility index (Phi) is 4.58. The van der Waals surface area contributed by atoms with Crippen LogP contribution < -0.4 is 5.32 Å². The van der Waals surface area contributed by atoms with E-state index in [1.54, 1.807) is 16.7 Å². The molecular weight excluding hydrogens is 282 g/mol. The molecule has 2 rings (SSSR count). The van der Waals surface area contributed by atoms with E-state index in [9.17, 15) is 9.90 Å². The average Bonchev–Trinajstić information content (AvgIpc) is 2.62. The number of aliphatic hydroxyl groups excluding tert-OH is 1. The molecule has 1 amide bonds. The largest absolute Gasteiger partial charge is 0.487 e. The number of thiocarbonyl (C=S) groups is 1. The minimum atomic E-state index is -0.249. The summed E-state index contributed by atoms with van der Waals surface area (Å²) in [6, 6.07) is -0.0647. The molecule has 1 spiro atoms. The molecule has 19 heavy (non-hydrogen) atoms. The molecule has 2 N–H and O–H groups in total. The third kappa shape index (κ3) is 2.83. The predicted molar refractivity (Wildman–Crippen MR) is 81.5 cm³/mol. The first-order valence-electron chi connectivity index (χ1n) is 6.52. The number of nitrogens with one attached hydrogen (secondary N) is 1. The van der Waals surface area contributed by atoms with E-state index in [1.807, 2.05) is 11.9 Å². The number of carbonyl (C=O) groups excluding carboxylic acids is 1. The topological polar surface area (TPSA) is 55.8 Å². The van der Waals surface area contributed by atoms with Crippen LogP contribution >= 0.6 is 24.0 Å². The summed E-state index contributed by atoms with van der Waals surface area (Å²) in [6.07, 6.45) is 4.52. The maximum absolute atomic E-state index is 12.3. The molecule has 1 unspecified atom stereocenters. The first-order chi connectivity index (χ1) is 9.00. The zero-order valence-electron chi connectivity index (χ0n) is 11.4. The molecular formula is C12H21N3O2S2. The van der Waals surface area contributed by atoms with Crippen molar-refractivity contribution in [2.24, 2.45) is 0 Å². The standard InChI is InChI=1S/C12H21N3O2S2/c1-14-10(16)9(3-8-19-2)13-12(14)4-6-15(7-5-12)11(17)18/h9,13H,3-8H2,1-2H3,(H,17,18). The highest BCUT2D eigenvalue weighted by atomic mass is 32.2. The molecule has 0 aromatic carbocycles. The van der Waals surface area contributed by atoms with Gasteiger partial charge < -0.3 is 14.9 Å². The van der Waals surface area contributed by atoms with Crippen LogP contribution in [0.5, 0.6) is 0 Å². The normalized spacial score (nSPS) is 26.2. The van der Waals surface area contributed by atoms with Gasteiger partial charge in [-0.25, -0.2) is 0 Å². The van der Waals surface area contributed by atoms with E-state index in [4.69, 9.17) is 12.2 Å². The zero-order chi connectivity index (χ0) is 14.0. The van der Waals surface area contributed by atoms with Crippen molar-refractivity contribution in [2.45, 2.75) is 31.0 Å². The van der Waals surface area contributed by atoms with Gasteiger partial charge in [-0.15, -0.1) is 0 Å². The second kappa shape index (κ2) is 5.85. The highest BCUT2D eigenvalue weighted by molar-refractivity contribution is 7.98. The number of amides is 1. The highest BCUT2D eigenvalue weighted by Gasteiger charge is 2.49. The molecule has 0 bridgehead atoms. The Morgan fingerprint density at radius 3 is 2.74 bits per heavy atom. The molecule has 7 heteroatoms. The van der Waals surface area contributed by atoms with Gasteiger partial charge in [-0.05, 0) is 30.6 Å². The van der Waals surface area contributed by atoms with Crippen LogP contribution in [0.25, 0.3) is 0 Å². The second-order valence-electron chi connectivity index (χ2n) is 5.18. The minimum Gasteiger partial charge on any atom is -0.487 e. The number of hydrogen-bond donors (Lipinski definition) is 2. The van der Waals surface area contributed by atoms with E-state index < -0.39 is 0 Å². The molecule has 2 aliphatic rings. The lowest BCUT2D eigenvalue weighted by molar-refractivity contribution is -0.131. The number of likely N-dealkylation sites (N-methyl/N-ethyl adjacent to an activating group) is 1. The molecule has 5 nitrogen and oxygen atoms in total. The van der Waals surface area contributed by atoms with E-state index in [0.29, 0.717) is 13.1 Å². The molecule has 2 aliphatic heterocycles. The molecule has 2 fully saturated rings. The molecule has 1 atom stereocenters. The van der Waals surface area contributed by atoms with Gasteiger partial charge in [0.25, 0.3) is 5.17 Å². The number of nitrogens with zero attached hydrogens (tertiary/aromatic N) is 2. The van der Waals surface area contributed by atoms with Crippen molar-refractivity contribution in [2.75, 3.05) is 32.1 Å². The number of hydrogen-bond acceptors (Lipinski definition) is 4. The van der Waals surface area contributed by atoms with Gasteiger partial charge in [0.1, 0.15) is 0 Å². The van der Waals surface area contributed by atoms with Crippen LogP contribution in [0.3, 0.4) is 0 Å². The van der Waals surface area contributed by atoms with Gasteiger partial charge in [0.2, 0.25) is 5.91 Å². The minimum absolute atomic E-state index is 0.0410. The fourth-order valence-electron chi connectivity index (χ4n) is 2.91. The lowest BCUT2D eigenvalue weighted by Crippen LogP contribution is -2.58. The molecule has 0 aliphatic carbocycles. The quantitative estimate of drug-likeness (QED) is 0.753. The molecule has 0 aromatic heterocycles. The third-order valence-electron chi connectivity index (χ3n) is 4.19. The van der Waals surface area contributed by atoms with E-state index in [1.165, 1.54) is 0 Å². The number of thioether (sulfide) groups is 1. The Labute approximate surface area is 123 Å². The molecule has 0 saturated carbocycles. The van der Waals surface area contributed by atoms with E-state index in [-0.39, 0.29) is 22.8 Å². The summed E-state index contributed by atoms with van der Waals surface area (Å²) in [6.45, 7) is 1.38. The number of rotatable bonds is 3. The van der Waals surface area contributed by atoms with Crippen molar-refractivity contribution in [3.63, 3.8) is 0 Å².